The Morgan fingerprint density at radius 3 is 3.10 bits per heavy atom. The summed E-state index contributed by atoms with van der Waals surface area (Å²) in [5.41, 5.74) is 6.66. The van der Waals surface area contributed by atoms with Crippen LogP contribution < -0.4 is 5.73 Å². The highest BCUT2D eigenvalue weighted by Crippen LogP contribution is 2.16. The second kappa shape index (κ2) is 7.21. The number of likely N-dealkylation sites (N-methyl/N-ethyl adjacent to an activating group) is 2. The minimum atomic E-state index is -0.000742. The molecule has 0 bridgehead atoms. The van der Waals surface area contributed by atoms with Crippen molar-refractivity contribution < 1.29 is 4.79 Å². The lowest BCUT2D eigenvalue weighted by Crippen LogP contribution is -2.47. The van der Waals surface area contributed by atoms with Gasteiger partial charge in [-0.2, -0.15) is 0 Å². The van der Waals surface area contributed by atoms with Crippen molar-refractivity contribution in [3.05, 3.63) is 29.6 Å². The Hall–Kier alpha value is -1.90. The molecule has 1 fully saturated rings. The predicted octanol–water partition coefficient (Wildman–Crippen LogP) is 0.558. The van der Waals surface area contributed by atoms with E-state index in [0.29, 0.717) is 12.1 Å². The van der Waals surface area contributed by atoms with Gasteiger partial charge in [0.15, 0.2) is 0 Å². The van der Waals surface area contributed by atoms with Crippen molar-refractivity contribution in [2.45, 2.75) is 18.9 Å². The van der Waals surface area contributed by atoms with E-state index in [9.17, 15) is 4.79 Å². The van der Waals surface area contributed by atoms with Crippen molar-refractivity contribution in [1.29, 1.82) is 0 Å². The number of pyridine rings is 1. The molecule has 0 aliphatic carbocycles. The molecule has 2 rings (SSSR count). The third kappa shape index (κ3) is 4.03. The highest BCUT2D eigenvalue weighted by atomic mass is 16.2. The Bertz CT molecular complexity index is 561. The van der Waals surface area contributed by atoms with Crippen LogP contribution in [0.25, 0.3) is 0 Å². The van der Waals surface area contributed by atoms with E-state index in [-0.39, 0.29) is 11.9 Å². The molecule has 1 atom stereocenters. The van der Waals surface area contributed by atoms with Crippen LogP contribution in [0.15, 0.2) is 18.5 Å². The van der Waals surface area contributed by atoms with Crippen LogP contribution in [-0.2, 0) is 0 Å². The fourth-order valence-corrected chi connectivity index (χ4v) is 2.60. The minimum absolute atomic E-state index is 0.000742. The Balaban J connectivity index is 2.11. The number of hydrogen-bond donors (Lipinski definition) is 1. The summed E-state index contributed by atoms with van der Waals surface area (Å²) in [4.78, 5) is 20.8. The Kier molecular flexibility index (Phi) is 5.32. The minimum Gasteiger partial charge on any atom is -0.337 e. The van der Waals surface area contributed by atoms with Crippen LogP contribution >= 0.6 is 0 Å². The van der Waals surface area contributed by atoms with E-state index in [1.54, 1.807) is 18.5 Å². The number of piperidine rings is 1. The predicted molar refractivity (Wildman–Crippen MR) is 82.8 cm³/mol. The van der Waals surface area contributed by atoms with E-state index >= 15 is 0 Å². The van der Waals surface area contributed by atoms with Gasteiger partial charge in [0, 0.05) is 37.6 Å². The van der Waals surface area contributed by atoms with Gasteiger partial charge in [-0.3, -0.25) is 9.78 Å². The molecule has 5 nitrogen and oxygen atoms in total. The van der Waals surface area contributed by atoms with E-state index in [4.69, 9.17) is 5.73 Å². The van der Waals surface area contributed by atoms with Gasteiger partial charge < -0.3 is 15.5 Å². The molecule has 0 radical (unpaired) electrons. The lowest BCUT2D eigenvalue weighted by atomic mass is 10.0. The average Bonchev–Trinajstić information content (AvgIpc) is 2.51. The summed E-state index contributed by atoms with van der Waals surface area (Å²) >= 11 is 0. The molecule has 1 unspecified atom stereocenters. The van der Waals surface area contributed by atoms with Crippen LogP contribution in [0.4, 0.5) is 0 Å². The van der Waals surface area contributed by atoms with Gasteiger partial charge in [-0.05, 0) is 32.5 Å². The highest BCUT2D eigenvalue weighted by molar-refractivity contribution is 5.94. The van der Waals surface area contributed by atoms with Gasteiger partial charge in [-0.25, -0.2) is 0 Å². The van der Waals surface area contributed by atoms with E-state index in [1.807, 2.05) is 11.9 Å². The highest BCUT2D eigenvalue weighted by Gasteiger charge is 2.25. The lowest BCUT2D eigenvalue weighted by molar-refractivity contribution is 0.0643. The van der Waals surface area contributed by atoms with Crippen molar-refractivity contribution >= 4 is 5.91 Å². The van der Waals surface area contributed by atoms with Gasteiger partial charge in [-0.1, -0.05) is 11.8 Å². The average molecular weight is 286 g/mol. The van der Waals surface area contributed by atoms with Gasteiger partial charge >= 0.3 is 0 Å². The third-order valence-corrected chi connectivity index (χ3v) is 3.79. The first-order chi connectivity index (χ1) is 10.1. The van der Waals surface area contributed by atoms with Gasteiger partial charge in [0.2, 0.25) is 0 Å². The van der Waals surface area contributed by atoms with Gasteiger partial charge in [0.05, 0.1) is 12.1 Å². The molecule has 1 aromatic heterocycles. The van der Waals surface area contributed by atoms with Gasteiger partial charge in [0.25, 0.3) is 5.91 Å². The molecule has 1 aliphatic rings. The number of nitrogens with two attached hydrogens (primary N) is 1. The maximum Gasteiger partial charge on any atom is 0.255 e. The summed E-state index contributed by atoms with van der Waals surface area (Å²) in [7, 11) is 3.96. The molecular formula is C16H22N4O. The van der Waals surface area contributed by atoms with Crippen LogP contribution in [-0.4, -0.2) is 60.5 Å². The molecule has 2 heterocycles. The normalized spacial score (nSPS) is 18.7. The number of aromatic nitrogens is 1. The van der Waals surface area contributed by atoms with Gasteiger partial charge in [0.1, 0.15) is 0 Å². The SMILES string of the molecule is CN1CCCC(N(C)C(=O)c2cncc(C#CCN)c2)C1. The third-order valence-electron chi connectivity index (χ3n) is 3.79. The molecule has 112 valence electrons. The largest absolute Gasteiger partial charge is 0.337 e. The summed E-state index contributed by atoms with van der Waals surface area (Å²) in [5, 5.41) is 0. The summed E-state index contributed by atoms with van der Waals surface area (Å²) in [6.45, 7) is 2.32. The van der Waals surface area contributed by atoms with Crippen LogP contribution in [0.1, 0.15) is 28.8 Å². The molecule has 1 aliphatic heterocycles. The Morgan fingerprint density at radius 1 is 1.57 bits per heavy atom. The maximum atomic E-state index is 12.6. The zero-order valence-electron chi connectivity index (χ0n) is 12.7. The van der Waals surface area contributed by atoms with Crippen molar-refractivity contribution in [3.63, 3.8) is 0 Å². The molecule has 0 saturated carbocycles. The number of amides is 1. The van der Waals surface area contributed by atoms with Crippen molar-refractivity contribution in [3.8, 4) is 11.8 Å². The monoisotopic (exact) mass is 286 g/mol. The Morgan fingerprint density at radius 2 is 2.38 bits per heavy atom. The zero-order valence-corrected chi connectivity index (χ0v) is 12.7. The first kappa shape index (κ1) is 15.5. The van der Waals surface area contributed by atoms with Crippen molar-refractivity contribution in [1.82, 2.24) is 14.8 Å². The fraction of sp³-hybridized carbons (Fsp3) is 0.500. The number of likely N-dealkylation sites (tertiary alicyclic amines) is 1. The number of carbonyl (C=O) groups excluding carboxylic acids is 1. The number of hydrogen-bond acceptors (Lipinski definition) is 4. The van der Waals surface area contributed by atoms with E-state index < -0.39 is 0 Å². The summed E-state index contributed by atoms with van der Waals surface area (Å²) in [5.74, 6) is 5.68. The van der Waals surface area contributed by atoms with Crippen molar-refractivity contribution in [2.24, 2.45) is 5.73 Å². The topological polar surface area (TPSA) is 62.5 Å². The first-order valence-electron chi connectivity index (χ1n) is 7.21. The lowest BCUT2D eigenvalue weighted by Gasteiger charge is -2.35. The molecule has 0 aromatic carbocycles. The van der Waals surface area contributed by atoms with Crippen molar-refractivity contribution in [2.75, 3.05) is 33.7 Å². The molecule has 5 heteroatoms. The van der Waals surface area contributed by atoms with E-state index in [0.717, 1.165) is 31.5 Å². The Labute approximate surface area is 126 Å². The molecular weight excluding hydrogens is 264 g/mol. The van der Waals surface area contributed by atoms with Crippen LogP contribution in [0.3, 0.4) is 0 Å². The number of rotatable bonds is 2. The summed E-state index contributed by atoms with van der Waals surface area (Å²) < 4.78 is 0. The fourth-order valence-electron chi connectivity index (χ4n) is 2.60. The van der Waals surface area contributed by atoms with Gasteiger partial charge in [-0.15, -0.1) is 0 Å². The molecule has 0 spiro atoms. The van der Waals surface area contributed by atoms with Crippen LogP contribution in [0.5, 0.6) is 0 Å². The number of nitrogens with zero attached hydrogens (tertiary/aromatic N) is 3. The smallest absolute Gasteiger partial charge is 0.255 e. The first-order valence-corrected chi connectivity index (χ1v) is 7.21. The van der Waals surface area contributed by atoms with Crippen LogP contribution in [0, 0.1) is 11.8 Å². The molecule has 2 N–H and O–H groups in total. The standard InChI is InChI=1S/C16H22N4O/c1-19-8-4-6-15(12-19)20(2)16(21)14-9-13(5-3-7-17)10-18-11-14/h9-11,15H,4,6-8,12,17H2,1-2H3. The molecule has 1 aromatic rings. The molecule has 21 heavy (non-hydrogen) atoms. The number of carbonyl (C=O) groups is 1. The van der Waals surface area contributed by atoms with Crippen LogP contribution in [0.2, 0.25) is 0 Å². The second-order valence-electron chi connectivity index (χ2n) is 5.44. The quantitative estimate of drug-likeness (QED) is 0.807. The second-order valence-corrected chi connectivity index (χ2v) is 5.44. The zero-order chi connectivity index (χ0) is 15.2. The summed E-state index contributed by atoms with van der Waals surface area (Å²) in [6, 6.07) is 2.04. The maximum absolute atomic E-state index is 12.6. The van der Waals surface area contributed by atoms with E-state index in [2.05, 4.69) is 28.8 Å². The molecule has 1 saturated heterocycles. The molecule has 1 amide bonds. The summed E-state index contributed by atoms with van der Waals surface area (Å²) in [6.07, 6.45) is 5.42. The van der Waals surface area contributed by atoms with E-state index in [1.165, 1.54) is 0 Å².